The van der Waals surface area contributed by atoms with Crippen molar-refractivity contribution in [2.24, 2.45) is 5.10 Å². The number of carbonyl (C=O) groups excluding carboxylic acids is 1. The molecule has 144 valence electrons. The molecule has 0 spiro atoms. The van der Waals surface area contributed by atoms with Gasteiger partial charge in [-0.3, -0.25) is 14.9 Å². The number of methoxy groups -OCH3 is 1. The monoisotopic (exact) mass is 385 g/mol. The molecule has 0 aliphatic carbocycles. The number of nitrogens with one attached hydrogen (secondary N) is 1. The van der Waals surface area contributed by atoms with Crippen LogP contribution in [0.1, 0.15) is 11.1 Å². The van der Waals surface area contributed by atoms with Crippen molar-refractivity contribution in [3.8, 4) is 23.0 Å². The zero-order valence-corrected chi connectivity index (χ0v) is 14.6. The Morgan fingerprint density at radius 2 is 2.07 bits per heavy atom. The molecule has 0 radical (unpaired) electrons. The lowest BCUT2D eigenvalue weighted by atomic mass is 10.2. The molecule has 3 rings (SSSR count). The Labute approximate surface area is 158 Å². The average Bonchev–Trinajstić information content (AvgIpc) is 3.15. The number of carbonyl (C=O) groups is 1. The standard InChI is InChI=1S/C18H15N3O7/c1-26-16-8-12(6-13(18(16)23)21(24)25)9-19-20-17(22)5-3-11-2-4-14-15(7-11)28-10-27-14/h2-9,23H,10H2,1H3,(H,20,22)/b5-3?,19-9+. The number of nitrogens with zero attached hydrogens (tertiary/aromatic N) is 2. The van der Waals surface area contributed by atoms with Gasteiger partial charge in [0.25, 0.3) is 5.91 Å². The van der Waals surface area contributed by atoms with Crippen LogP contribution in [-0.2, 0) is 4.79 Å². The lowest BCUT2D eigenvalue weighted by Gasteiger charge is -2.04. The first-order valence-electron chi connectivity index (χ1n) is 7.94. The zero-order chi connectivity index (χ0) is 20.1. The Morgan fingerprint density at radius 3 is 2.82 bits per heavy atom. The highest BCUT2D eigenvalue weighted by Gasteiger charge is 2.19. The van der Waals surface area contributed by atoms with Gasteiger partial charge in [-0.1, -0.05) is 6.07 Å². The third-order valence-electron chi connectivity index (χ3n) is 3.71. The Morgan fingerprint density at radius 1 is 1.29 bits per heavy atom. The van der Waals surface area contributed by atoms with E-state index in [0.29, 0.717) is 11.5 Å². The molecule has 1 aliphatic heterocycles. The average molecular weight is 385 g/mol. The van der Waals surface area contributed by atoms with Crippen molar-refractivity contribution in [2.45, 2.75) is 0 Å². The fourth-order valence-corrected chi connectivity index (χ4v) is 2.38. The van der Waals surface area contributed by atoms with Gasteiger partial charge in [0.2, 0.25) is 12.5 Å². The summed E-state index contributed by atoms with van der Waals surface area (Å²) in [7, 11) is 1.27. The molecule has 0 unspecified atom stereocenters. The third-order valence-corrected chi connectivity index (χ3v) is 3.71. The minimum atomic E-state index is -0.748. The second-order valence-corrected chi connectivity index (χ2v) is 5.53. The molecule has 1 amide bonds. The van der Waals surface area contributed by atoms with E-state index >= 15 is 0 Å². The summed E-state index contributed by atoms with van der Waals surface area (Å²) in [5.41, 5.74) is 2.74. The topological polar surface area (TPSA) is 133 Å². The summed E-state index contributed by atoms with van der Waals surface area (Å²) in [6, 6.07) is 7.69. The number of nitro groups is 1. The molecular formula is C18H15N3O7. The number of hydrogen-bond donors (Lipinski definition) is 2. The summed E-state index contributed by atoms with van der Waals surface area (Å²) in [6.07, 6.45) is 4.04. The van der Waals surface area contributed by atoms with Gasteiger partial charge in [0, 0.05) is 17.7 Å². The minimum absolute atomic E-state index is 0.0790. The number of ether oxygens (including phenoxy) is 3. The van der Waals surface area contributed by atoms with E-state index in [4.69, 9.17) is 14.2 Å². The van der Waals surface area contributed by atoms with Gasteiger partial charge in [0.05, 0.1) is 18.2 Å². The highest BCUT2D eigenvalue weighted by molar-refractivity contribution is 5.93. The molecule has 0 saturated heterocycles. The number of nitro benzene ring substituents is 1. The predicted octanol–water partition coefficient (Wildman–Crippen LogP) is 2.20. The molecule has 0 fully saturated rings. The second kappa shape index (κ2) is 8.08. The van der Waals surface area contributed by atoms with Crippen molar-refractivity contribution in [3.63, 3.8) is 0 Å². The summed E-state index contributed by atoms with van der Waals surface area (Å²) < 4.78 is 15.4. The smallest absolute Gasteiger partial charge is 0.315 e. The summed E-state index contributed by atoms with van der Waals surface area (Å²) in [6.45, 7) is 0.165. The lowest BCUT2D eigenvalue weighted by Crippen LogP contribution is -2.14. The number of benzene rings is 2. The van der Waals surface area contributed by atoms with Crippen LogP contribution in [0.3, 0.4) is 0 Å². The molecule has 1 aliphatic rings. The molecule has 10 heteroatoms. The molecule has 2 aromatic rings. The first-order chi connectivity index (χ1) is 13.5. The number of rotatable bonds is 6. The van der Waals surface area contributed by atoms with Gasteiger partial charge in [-0.25, -0.2) is 5.43 Å². The summed E-state index contributed by atoms with van der Waals surface area (Å²) in [5, 5.41) is 24.4. The van der Waals surface area contributed by atoms with Gasteiger partial charge in [0.15, 0.2) is 17.2 Å². The van der Waals surface area contributed by atoms with Crippen LogP contribution in [0.4, 0.5) is 5.69 Å². The van der Waals surface area contributed by atoms with E-state index in [-0.39, 0.29) is 18.1 Å². The van der Waals surface area contributed by atoms with Crippen molar-refractivity contribution >= 4 is 23.9 Å². The molecule has 0 aromatic heterocycles. The van der Waals surface area contributed by atoms with Crippen LogP contribution in [0.5, 0.6) is 23.0 Å². The van der Waals surface area contributed by atoms with Gasteiger partial charge in [-0.2, -0.15) is 5.10 Å². The SMILES string of the molecule is COc1cc(/C=N/NC(=O)C=Cc2ccc3c(c2)OCO3)cc([N+](=O)[O-])c1O. The van der Waals surface area contributed by atoms with E-state index in [1.54, 1.807) is 24.3 Å². The maximum Gasteiger partial charge on any atom is 0.315 e. The van der Waals surface area contributed by atoms with E-state index < -0.39 is 22.3 Å². The quantitative estimate of drug-likeness (QED) is 0.337. The van der Waals surface area contributed by atoms with Crippen molar-refractivity contribution in [1.29, 1.82) is 0 Å². The molecule has 10 nitrogen and oxygen atoms in total. The highest BCUT2D eigenvalue weighted by Crippen LogP contribution is 2.36. The normalized spacial score (nSPS) is 12.5. The number of amides is 1. The van der Waals surface area contributed by atoms with Crippen LogP contribution >= 0.6 is 0 Å². The Kier molecular flexibility index (Phi) is 5.40. The molecule has 0 bridgehead atoms. The predicted molar refractivity (Wildman–Crippen MR) is 98.6 cm³/mol. The summed E-state index contributed by atoms with van der Waals surface area (Å²) >= 11 is 0. The van der Waals surface area contributed by atoms with Crippen molar-refractivity contribution in [2.75, 3.05) is 13.9 Å². The molecule has 2 N–H and O–H groups in total. The van der Waals surface area contributed by atoms with Crippen LogP contribution in [0.25, 0.3) is 6.08 Å². The van der Waals surface area contributed by atoms with Crippen LogP contribution in [0, 0.1) is 10.1 Å². The van der Waals surface area contributed by atoms with E-state index in [9.17, 15) is 20.0 Å². The first kappa shape index (κ1) is 18.7. The Hall–Kier alpha value is -4.08. The first-order valence-corrected chi connectivity index (χ1v) is 7.94. The van der Waals surface area contributed by atoms with Gasteiger partial charge >= 0.3 is 5.69 Å². The second-order valence-electron chi connectivity index (χ2n) is 5.53. The number of aromatic hydroxyl groups is 1. The van der Waals surface area contributed by atoms with E-state index in [1.807, 2.05) is 0 Å². The maximum atomic E-state index is 11.9. The summed E-state index contributed by atoms with van der Waals surface area (Å²) in [5.74, 6) is 0.0762. The maximum absolute atomic E-state index is 11.9. The third kappa shape index (κ3) is 4.18. The zero-order valence-electron chi connectivity index (χ0n) is 14.6. The lowest BCUT2D eigenvalue weighted by molar-refractivity contribution is -0.386. The highest BCUT2D eigenvalue weighted by atomic mass is 16.7. The summed E-state index contributed by atoms with van der Waals surface area (Å²) in [4.78, 5) is 22.1. The van der Waals surface area contributed by atoms with Gasteiger partial charge in [-0.05, 0) is 29.8 Å². The van der Waals surface area contributed by atoms with Crippen LogP contribution in [0.15, 0.2) is 41.5 Å². The molecule has 2 aromatic carbocycles. The number of phenolic OH excluding ortho intramolecular Hbond substituents is 1. The van der Waals surface area contributed by atoms with E-state index in [2.05, 4.69) is 10.5 Å². The number of phenols is 1. The van der Waals surface area contributed by atoms with Gasteiger partial charge in [-0.15, -0.1) is 0 Å². The molecule has 0 atom stereocenters. The Bertz CT molecular complexity index is 985. The van der Waals surface area contributed by atoms with E-state index in [1.165, 1.54) is 25.5 Å². The van der Waals surface area contributed by atoms with Crippen molar-refractivity contribution in [3.05, 3.63) is 57.6 Å². The molecule has 28 heavy (non-hydrogen) atoms. The fourth-order valence-electron chi connectivity index (χ4n) is 2.38. The van der Waals surface area contributed by atoms with Crippen molar-refractivity contribution < 1.29 is 29.0 Å². The van der Waals surface area contributed by atoms with Crippen LogP contribution < -0.4 is 19.6 Å². The number of fused-ring (bicyclic) bond motifs is 1. The largest absolute Gasteiger partial charge is 0.500 e. The molecule has 1 heterocycles. The molecular weight excluding hydrogens is 370 g/mol. The number of hydrogen-bond acceptors (Lipinski definition) is 8. The number of hydrazone groups is 1. The van der Waals surface area contributed by atoms with Gasteiger partial charge < -0.3 is 19.3 Å². The van der Waals surface area contributed by atoms with Gasteiger partial charge in [0.1, 0.15) is 0 Å². The molecule has 0 saturated carbocycles. The Balaban J connectivity index is 1.65. The fraction of sp³-hybridized carbons (Fsp3) is 0.111. The van der Waals surface area contributed by atoms with E-state index in [0.717, 1.165) is 11.6 Å². The van der Waals surface area contributed by atoms with Crippen LogP contribution in [-0.4, -0.2) is 36.1 Å². The van der Waals surface area contributed by atoms with Crippen LogP contribution in [0.2, 0.25) is 0 Å². The van der Waals surface area contributed by atoms with Crippen molar-refractivity contribution in [1.82, 2.24) is 5.43 Å². The minimum Gasteiger partial charge on any atom is -0.500 e.